The molecule has 1 unspecified atom stereocenters. The van der Waals surface area contributed by atoms with Crippen LogP contribution in [0.3, 0.4) is 0 Å². The monoisotopic (exact) mass is 259 g/mol. The van der Waals surface area contributed by atoms with Gasteiger partial charge in [-0.05, 0) is 32.5 Å². The lowest BCUT2D eigenvalue weighted by molar-refractivity contribution is 0.494. The van der Waals surface area contributed by atoms with Crippen LogP contribution in [0.1, 0.15) is 44.4 Å². The third-order valence-corrected chi connectivity index (χ3v) is 2.95. The summed E-state index contributed by atoms with van der Waals surface area (Å²) in [5.41, 5.74) is 1.06. The molecule has 0 spiro atoms. The second kappa shape index (κ2) is 6.43. The van der Waals surface area contributed by atoms with Gasteiger partial charge in [0, 0.05) is 31.1 Å². The Labute approximate surface area is 114 Å². The maximum absolute atomic E-state index is 4.58. The lowest BCUT2D eigenvalue weighted by Crippen LogP contribution is -2.25. The standard InChI is InChI=1S/C14H21N5/c1-4-15-13(14-16-7-5-8-17-14)10-12-6-9-19(18-12)11(2)3/h5-9,11,13,15H,4,10H2,1-3H3. The van der Waals surface area contributed by atoms with Crippen LogP contribution < -0.4 is 5.32 Å². The Bertz CT molecular complexity index is 492. The fourth-order valence-electron chi connectivity index (χ4n) is 1.97. The first-order valence-corrected chi connectivity index (χ1v) is 6.75. The van der Waals surface area contributed by atoms with Gasteiger partial charge in [0.1, 0.15) is 5.82 Å². The molecule has 0 aliphatic heterocycles. The maximum atomic E-state index is 4.58. The second-order valence-electron chi connectivity index (χ2n) is 4.80. The van der Waals surface area contributed by atoms with Gasteiger partial charge in [-0.15, -0.1) is 0 Å². The van der Waals surface area contributed by atoms with Gasteiger partial charge in [0.05, 0.1) is 11.7 Å². The fraction of sp³-hybridized carbons (Fsp3) is 0.500. The van der Waals surface area contributed by atoms with E-state index in [0.717, 1.165) is 24.5 Å². The summed E-state index contributed by atoms with van der Waals surface area (Å²) in [4.78, 5) is 8.66. The maximum Gasteiger partial charge on any atom is 0.145 e. The van der Waals surface area contributed by atoms with E-state index in [9.17, 15) is 0 Å². The van der Waals surface area contributed by atoms with Gasteiger partial charge in [-0.2, -0.15) is 5.10 Å². The summed E-state index contributed by atoms with van der Waals surface area (Å²) in [6.45, 7) is 7.22. The molecule has 0 aromatic carbocycles. The van der Waals surface area contributed by atoms with Gasteiger partial charge in [-0.25, -0.2) is 9.97 Å². The summed E-state index contributed by atoms with van der Waals surface area (Å²) in [5.74, 6) is 0.823. The average Bonchev–Trinajstić information content (AvgIpc) is 2.88. The summed E-state index contributed by atoms with van der Waals surface area (Å²) in [6.07, 6.45) is 6.38. The van der Waals surface area contributed by atoms with Gasteiger partial charge in [0.15, 0.2) is 0 Å². The number of nitrogens with zero attached hydrogens (tertiary/aromatic N) is 4. The Morgan fingerprint density at radius 1 is 1.26 bits per heavy atom. The highest BCUT2D eigenvalue weighted by Gasteiger charge is 2.15. The van der Waals surface area contributed by atoms with Crippen LogP contribution in [-0.2, 0) is 6.42 Å². The minimum atomic E-state index is 0.113. The van der Waals surface area contributed by atoms with Crippen molar-refractivity contribution in [1.29, 1.82) is 0 Å². The first-order chi connectivity index (χ1) is 9.20. The van der Waals surface area contributed by atoms with Crippen molar-refractivity contribution in [3.05, 3.63) is 42.2 Å². The van der Waals surface area contributed by atoms with Gasteiger partial charge in [0.25, 0.3) is 0 Å². The van der Waals surface area contributed by atoms with Crippen LogP contribution in [0.25, 0.3) is 0 Å². The Morgan fingerprint density at radius 2 is 2.00 bits per heavy atom. The molecule has 0 saturated carbocycles. The number of nitrogens with one attached hydrogen (secondary N) is 1. The van der Waals surface area contributed by atoms with E-state index in [1.807, 2.05) is 16.9 Å². The largest absolute Gasteiger partial charge is 0.307 e. The molecule has 0 aliphatic rings. The van der Waals surface area contributed by atoms with Crippen molar-refractivity contribution in [2.75, 3.05) is 6.54 Å². The van der Waals surface area contributed by atoms with Crippen LogP contribution in [0, 0.1) is 0 Å². The predicted octanol–water partition coefficient (Wildman–Crippen LogP) is 2.15. The summed E-state index contributed by atoms with van der Waals surface area (Å²) in [5, 5.41) is 7.99. The highest BCUT2D eigenvalue weighted by molar-refractivity contribution is 5.06. The third-order valence-electron chi connectivity index (χ3n) is 2.95. The Hall–Kier alpha value is -1.75. The van der Waals surface area contributed by atoms with E-state index in [-0.39, 0.29) is 6.04 Å². The molecule has 0 fully saturated rings. The molecule has 5 heteroatoms. The van der Waals surface area contributed by atoms with Crippen LogP contribution in [-0.4, -0.2) is 26.3 Å². The first-order valence-electron chi connectivity index (χ1n) is 6.75. The molecular weight excluding hydrogens is 238 g/mol. The third kappa shape index (κ3) is 3.61. The number of aromatic nitrogens is 4. The SMILES string of the molecule is CCNC(Cc1ccn(C(C)C)n1)c1ncccn1. The lowest BCUT2D eigenvalue weighted by Gasteiger charge is -2.15. The van der Waals surface area contributed by atoms with E-state index >= 15 is 0 Å². The van der Waals surface area contributed by atoms with Gasteiger partial charge in [-0.1, -0.05) is 6.92 Å². The molecule has 2 aromatic heterocycles. The average molecular weight is 259 g/mol. The summed E-state index contributed by atoms with van der Waals surface area (Å²) < 4.78 is 1.98. The van der Waals surface area contributed by atoms with Crippen molar-refractivity contribution in [2.24, 2.45) is 0 Å². The molecule has 2 rings (SSSR count). The van der Waals surface area contributed by atoms with Crippen LogP contribution in [0.5, 0.6) is 0 Å². The number of likely N-dealkylation sites (N-methyl/N-ethyl adjacent to an activating group) is 1. The van der Waals surface area contributed by atoms with Crippen molar-refractivity contribution >= 4 is 0 Å². The predicted molar refractivity (Wildman–Crippen MR) is 74.8 cm³/mol. The molecular formula is C14H21N5. The summed E-state index contributed by atoms with van der Waals surface area (Å²) >= 11 is 0. The van der Waals surface area contributed by atoms with Crippen molar-refractivity contribution in [3.63, 3.8) is 0 Å². The molecule has 2 aromatic rings. The molecule has 0 saturated heterocycles. The normalized spacial score (nSPS) is 12.8. The Morgan fingerprint density at radius 3 is 2.58 bits per heavy atom. The number of hydrogen-bond acceptors (Lipinski definition) is 4. The van der Waals surface area contributed by atoms with E-state index in [0.29, 0.717) is 6.04 Å². The molecule has 1 N–H and O–H groups in total. The van der Waals surface area contributed by atoms with Gasteiger partial charge >= 0.3 is 0 Å². The quantitative estimate of drug-likeness (QED) is 0.863. The van der Waals surface area contributed by atoms with E-state index in [2.05, 4.69) is 47.2 Å². The van der Waals surface area contributed by atoms with Gasteiger partial charge < -0.3 is 5.32 Å². The van der Waals surface area contributed by atoms with Crippen LogP contribution in [0.15, 0.2) is 30.7 Å². The van der Waals surface area contributed by atoms with Crippen LogP contribution in [0.2, 0.25) is 0 Å². The van der Waals surface area contributed by atoms with Crippen molar-refractivity contribution < 1.29 is 0 Å². The zero-order valence-electron chi connectivity index (χ0n) is 11.7. The van der Waals surface area contributed by atoms with Gasteiger partial charge in [0.2, 0.25) is 0 Å². The molecule has 1 atom stereocenters. The lowest BCUT2D eigenvalue weighted by atomic mass is 10.1. The van der Waals surface area contributed by atoms with Crippen molar-refractivity contribution in [1.82, 2.24) is 25.1 Å². The molecule has 0 radical (unpaired) electrons. The topological polar surface area (TPSA) is 55.6 Å². The molecule has 0 amide bonds. The summed E-state index contributed by atoms with van der Waals surface area (Å²) in [7, 11) is 0. The minimum Gasteiger partial charge on any atom is -0.307 e. The van der Waals surface area contributed by atoms with Crippen molar-refractivity contribution in [2.45, 2.75) is 39.3 Å². The van der Waals surface area contributed by atoms with Gasteiger partial charge in [-0.3, -0.25) is 4.68 Å². The molecule has 102 valence electrons. The second-order valence-corrected chi connectivity index (χ2v) is 4.80. The summed E-state index contributed by atoms with van der Waals surface area (Å²) in [6, 6.07) is 4.40. The van der Waals surface area contributed by atoms with E-state index < -0.39 is 0 Å². The molecule has 0 aliphatic carbocycles. The Kier molecular flexibility index (Phi) is 4.63. The number of hydrogen-bond donors (Lipinski definition) is 1. The number of rotatable bonds is 6. The minimum absolute atomic E-state index is 0.113. The smallest absolute Gasteiger partial charge is 0.145 e. The van der Waals surface area contributed by atoms with E-state index in [1.165, 1.54) is 0 Å². The zero-order valence-corrected chi connectivity index (χ0v) is 11.7. The zero-order chi connectivity index (χ0) is 13.7. The van der Waals surface area contributed by atoms with Crippen LogP contribution in [0.4, 0.5) is 0 Å². The molecule has 5 nitrogen and oxygen atoms in total. The first kappa shape index (κ1) is 13.7. The van der Waals surface area contributed by atoms with E-state index in [1.54, 1.807) is 12.4 Å². The molecule has 0 bridgehead atoms. The van der Waals surface area contributed by atoms with E-state index in [4.69, 9.17) is 0 Å². The highest BCUT2D eigenvalue weighted by Crippen LogP contribution is 2.14. The van der Waals surface area contributed by atoms with Crippen molar-refractivity contribution in [3.8, 4) is 0 Å². The Balaban J connectivity index is 2.12. The highest BCUT2D eigenvalue weighted by atomic mass is 15.3. The molecule has 19 heavy (non-hydrogen) atoms. The van der Waals surface area contributed by atoms with Crippen LogP contribution >= 0.6 is 0 Å². The molecule has 2 heterocycles. The fourth-order valence-corrected chi connectivity index (χ4v) is 1.97.